The first-order chi connectivity index (χ1) is 42.5. The van der Waals surface area contributed by atoms with Crippen molar-refractivity contribution in [3.05, 3.63) is 113 Å². The lowest BCUT2D eigenvalue weighted by molar-refractivity contribution is 0.156. The average Bonchev–Trinajstić information content (AvgIpc) is 2.95. The highest BCUT2D eigenvalue weighted by molar-refractivity contribution is 6.30. The van der Waals surface area contributed by atoms with E-state index in [4.69, 9.17) is 29.5 Å². The van der Waals surface area contributed by atoms with Crippen molar-refractivity contribution >= 4 is 68.2 Å². The van der Waals surface area contributed by atoms with Crippen molar-refractivity contribution in [2.75, 3.05) is 23.6 Å². The van der Waals surface area contributed by atoms with Crippen molar-refractivity contribution in [1.82, 2.24) is 52.5 Å². The molecule has 8 aliphatic heterocycles. The van der Waals surface area contributed by atoms with Crippen molar-refractivity contribution in [3.63, 3.8) is 0 Å². The third kappa shape index (κ3) is 9.21. The number of fused-ring (bicyclic) bond motifs is 38. The van der Waals surface area contributed by atoms with Gasteiger partial charge in [-0.1, -0.05) is 136 Å². The zero-order valence-electron chi connectivity index (χ0n) is 49.7. The number of aliphatic imine (C=N–C) groups is 4. The predicted molar refractivity (Wildman–Crippen MR) is 341 cm³/mol. The maximum atomic E-state index is 6.38. The molecule has 2 aromatic heterocycles. The fraction of sp³-hybridized carbons (Fsp3) is 0.529. The number of rotatable bonds is 4. The summed E-state index contributed by atoms with van der Waals surface area (Å²) in [4.78, 5) is 33.9. The molecule has 0 amide bonds. The predicted octanol–water partition coefficient (Wildman–Crippen LogP) is 10.2. The Labute approximate surface area is 503 Å². The Morgan fingerprint density at radius 3 is 1.31 bits per heavy atom. The molecule has 18 nitrogen and oxygen atoms in total. The van der Waals surface area contributed by atoms with Gasteiger partial charge in [-0.3, -0.25) is 47.4 Å². The number of nitrogens with one attached hydrogen (secondary N) is 11. The molecule has 8 atom stereocenters. The molecule has 4 aromatic carbocycles. The molecule has 18 rings (SSSR count). The van der Waals surface area contributed by atoms with Crippen LogP contribution in [0.15, 0.2) is 111 Å². The summed E-state index contributed by atoms with van der Waals surface area (Å²) < 4.78 is 6.14. The molecule has 11 N–H and O–H groups in total. The smallest absolute Gasteiger partial charge is 0.170 e. The van der Waals surface area contributed by atoms with Crippen LogP contribution in [0.5, 0.6) is 5.75 Å². The Balaban J connectivity index is 0.000000136. The van der Waals surface area contributed by atoms with Gasteiger partial charge in [-0.15, -0.1) is 0 Å². The summed E-state index contributed by atoms with van der Waals surface area (Å²) in [6.45, 7) is 4.84. The third-order valence-electron chi connectivity index (χ3n) is 22.1. The molecule has 6 aromatic rings. The highest BCUT2D eigenvalue weighted by Crippen LogP contribution is 2.48. The molecular weight excluding hydrogens is 1070 g/mol. The van der Waals surface area contributed by atoms with Crippen LogP contribution in [-0.2, 0) is 4.84 Å². The number of benzene rings is 4. The summed E-state index contributed by atoms with van der Waals surface area (Å²) in [5, 5.41) is 42.8. The highest BCUT2D eigenvalue weighted by atomic mass is 16.7. The fourth-order valence-electron chi connectivity index (χ4n) is 18.4. The molecule has 4 saturated carbocycles. The first-order valence-electron chi connectivity index (χ1n) is 33.2. The first kappa shape index (κ1) is 53.9. The van der Waals surface area contributed by atoms with Crippen LogP contribution < -0.4 is 57.7 Å². The summed E-state index contributed by atoms with van der Waals surface area (Å²) in [6.07, 6.45) is 25.6. The number of amidine groups is 4. The summed E-state index contributed by atoms with van der Waals surface area (Å²) in [5.41, 5.74) is 3.68. The van der Waals surface area contributed by atoms with Gasteiger partial charge in [0.2, 0.25) is 0 Å². The zero-order valence-corrected chi connectivity index (χ0v) is 49.7. The van der Waals surface area contributed by atoms with E-state index in [1.165, 1.54) is 103 Å². The molecule has 8 unspecified atom stereocenters. The summed E-state index contributed by atoms with van der Waals surface area (Å²) >= 11 is 0. The normalized spacial score (nSPS) is 34.7. The van der Waals surface area contributed by atoms with Crippen molar-refractivity contribution in [2.24, 2.45) is 67.3 Å². The van der Waals surface area contributed by atoms with Gasteiger partial charge in [-0.25, -0.2) is 20.0 Å². The van der Waals surface area contributed by atoms with E-state index in [0.29, 0.717) is 109 Å². The Hall–Kier alpha value is -6.32. The van der Waals surface area contributed by atoms with Crippen molar-refractivity contribution in [2.45, 2.75) is 166 Å². The van der Waals surface area contributed by atoms with Gasteiger partial charge in [0.15, 0.2) is 17.5 Å². The SMILES string of the molecule is C1CCC2C3NC(NC4NC(NC5NC(NC6NC(N3)C3CCCCC63)C3CCCCC53)C3CCCCC43)C2C1.CCOc1cccc2c3[nH]c(c12)N=C1N=C(Nc2[nH]c(c4ccccc24)N=C2N=C(c4ccccc42)N3OCC)c2ccccc21. The number of hydrogen-bond acceptors (Lipinski definition) is 16. The summed E-state index contributed by atoms with van der Waals surface area (Å²) in [5.74, 6) is 11.9. The largest absolute Gasteiger partial charge is 0.493 e. The van der Waals surface area contributed by atoms with E-state index in [9.17, 15) is 0 Å². The molecule has 5 saturated heterocycles. The van der Waals surface area contributed by atoms with Crippen LogP contribution in [0.25, 0.3) is 21.5 Å². The van der Waals surface area contributed by atoms with E-state index >= 15 is 0 Å². The Bertz CT molecular complexity index is 3470. The number of hydroxylamine groups is 1. The number of nitrogens with zero attached hydrogens (tertiary/aromatic N) is 5. The average molecular weight is 1160 g/mol. The lowest BCUT2D eigenvalue weighted by atomic mass is 9.76. The van der Waals surface area contributed by atoms with E-state index in [1.807, 2.05) is 86.6 Å². The van der Waals surface area contributed by atoms with Crippen molar-refractivity contribution < 1.29 is 9.57 Å². The lowest BCUT2D eigenvalue weighted by Gasteiger charge is -2.35. The second-order valence-corrected chi connectivity index (χ2v) is 26.6. The quantitative estimate of drug-likeness (QED) is 0.0797. The van der Waals surface area contributed by atoms with Gasteiger partial charge in [0.05, 0.1) is 67.9 Å². The summed E-state index contributed by atoms with van der Waals surface area (Å²) in [6, 6.07) is 30.3. The van der Waals surface area contributed by atoms with Gasteiger partial charge < -0.3 is 20.0 Å². The van der Waals surface area contributed by atoms with E-state index in [2.05, 4.69) is 76.0 Å². The summed E-state index contributed by atoms with van der Waals surface area (Å²) in [7, 11) is 0. The Morgan fingerprint density at radius 1 is 0.407 bits per heavy atom. The Morgan fingerprint density at radius 2 is 0.826 bits per heavy atom. The molecule has 10 heterocycles. The van der Waals surface area contributed by atoms with Crippen LogP contribution in [0.1, 0.15) is 139 Å². The van der Waals surface area contributed by atoms with Crippen LogP contribution in [-0.4, -0.2) is 95.9 Å². The molecule has 0 spiro atoms. The van der Waals surface area contributed by atoms with E-state index in [0.717, 1.165) is 97.0 Å². The molecule has 448 valence electrons. The van der Waals surface area contributed by atoms with Crippen LogP contribution in [0.3, 0.4) is 0 Å². The van der Waals surface area contributed by atoms with Crippen molar-refractivity contribution in [3.8, 4) is 5.75 Å². The fourth-order valence-corrected chi connectivity index (χ4v) is 18.4. The standard InChI is InChI=1S/C36H28N8O2.C32H56N8/c1-3-45-27-19-11-18-26-28(27)34-41-32-23-15-8-7-14-22(23)30(39-32)37-29-20-12-5-6-13-21(20)31(38-29)40-33-24-16-9-10-17-25(24)35(42-33)44(46-4-2)36(26)43-34;1-2-10-18-17(9-1)25-33-26(18)38-28-21-13-5-6-14-22(21)30(35-28)40-32-24-16-8-7-15-23(24)31(36-32)39-29-20-12-4-3-11-19(20)27(34-29)37-25/h5-19,38,43H,3-4H2,1-2H3,(H,37,39,41);17-40H,1-16H2. The number of H-pyrrole nitrogens is 2. The minimum atomic E-state index is 0.403. The van der Waals surface area contributed by atoms with E-state index in [1.54, 1.807) is 5.06 Å². The molecule has 0 radical (unpaired) electrons. The van der Waals surface area contributed by atoms with Gasteiger partial charge >= 0.3 is 0 Å². The number of aromatic amines is 2. The van der Waals surface area contributed by atoms with Gasteiger partial charge in [0.25, 0.3) is 0 Å². The van der Waals surface area contributed by atoms with Gasteiger partial charge in [0, 0.05) is 38.4 Å². The Kier molecular flexibility index (Phi) is 14.0. The van der Waals surface area contributed by atoms with Gasteiger partial charge in [-0.2, -0.15) is 5.06 Å². The second kappa shape index (κ2) is 22.4. The molecule has 18 heteroatoms. The van der Waals surface area contributed by atoms with Gasteiger partial charge in [-0.05, 0) is 119 Å². The second-order valence-electron chi connectivity index (χ2n) is 26.6. The van der Waals surface area contributed by atoms with Crippen LogP contribution in [0, 0.1) is 47.3 Å². The van der Waals surface area contributed by atoms with Crippen LogP contribution in [0.2, 0.25) is 0 Å². The number of ether oxygens (including phenoxy) is 1. The molecule has 16 bridgehead atoms. The van der Waals surface area contributed by atoms with Crippen LogP contribution in [0.4, 0.5) is 23.3 Å². The van der Waals surface area contributed by atoms with Gasteiger partial charge in [0.1, 0.15) is 34.9 Å². The number of aromatic nitrogens is 2. The highest BCUT2D eigenvalue weighted by Gasteiger charge is 2.54. The first-order valence-corrected chi connectivity index (χ1v) is 33.2. The topological polar surface area (TPSA) is 211 Å². The maximum absolute atomic E-state index is 6.38. The van der Waals surface area contributed by atoms with E-state index < -0.39 is 0 Å². The minimum absolute atomic E-state index is 0.403. The molecule has 4 aliphatic carbocycles. The van der Waals surface area contributed by atoms with Crippen molar-refractivity contribution in [1.29, 1.82) is 0 Å². The lowest BCUT2D eigenvalue weighted by Crippen LogP contribution is -2.61. The minimum Gasteiger partial charge on any atom is -0.493 e. The molecule has 86 heavy (non-hydrogen) atoms. The molecule has 12 aliphatic rings. The van der Waals surface area contributed by atoms with Crippen LogP contribution >= 0.6 is 0 Å². The number of hydrogen-bond donors (Lipinski definition) is 11. The number of anilines is 2. The molecule has 9 fully saturated rings. The third-order valence-corrected chi connectivity index (χ3v) is 22.1. The maximum Gasteiger partial charge on any atom is 0.170 e. The zero-order chi connectivity index (χ0) is 57.0. The van der Waals surface area contributed by atoms with E-state index in [-0.39, 0.29) is 0 Å². The monoisotopic (exact) mass is 1160 g/mol. The molecular formula is C68H84N16O2.